The number of carbonyl (C=O) groups is 1. The highest BCUT2D eigenvalue weighted by Crippen LogP contribution is 2.36. The topological polar surface area (TPSA) is 71.8 Å². The minimum absolute atomic E-state index is 0.188. The molecule has 0 spiro atoms. The molecule has 33 heavy (non-hydrogen) atoms. The van der Waals surface area contributed by atoms with E-state index in [1.165, 1.54) is 5.56 Å². The lowest BCUT2D eigenvalue weighted by atomic mass is 10.0. The highest BCUT2D eigenvalue weighted by Gasteiger charge is 2.27. The fourth-order valence-corrected chi connectivity index (χ4v) is 4.03. The molecule has 0 bridgehead atoms. The number of hydrogen-bond acceptors (Lipinski definition) is 4. The summed E-state index contributed by atoms with van der Waals surface area (Å²) in [5.74, 6) is 0.369. The third kappa shape index (κ3) is 4.35. The molecule has 1 amide bonds. The maximum atomic E-state index is 12.7. The van der Waals surface area contributed by atoms with E-state index in [1.54, 1.807) is 28.9 Å². The molecule has 0 saturated heterocycles. The molecule has 1 aliphatic heterocycles. The van der Waals surface area contributed by atoms with E-state index in [1.807, 2.05) is 43.3 Å². The quantitative estimate of drug-likeness (QED) is 0.368. The number of nitrogens with one attached hydrogen (secondary N) is 2. The number of rotatable bonds is 4. The zero-order valence-electron chi connectivity index (χ0n) is 17.6. The number of fused-ring (bicyclic) bond motifs is 1. The van der Waals surface area contributed by atoms with Crippen LogP contribution in [-0.2, 0) is 0 Å². The van der Waals surface area contributed by atoms with E-state index in [9.17, 15) is 4.79 Å². The summed E-state index contributed by atoms with van der Waals surface area (Å²) in [5, 5.41) is 11.8. The number of anilines is 2. The Kier molecular flexibility index (Phi) is 5.62. The van der Waals surface area contributed by atoms with Crippen LogP contribution in [0.5, 0.6) is 0 Å². The van der Waals surface area contributed by atoms with Crippen LogP contribution in [0.1, 0.15) is 33.1 Å². The van der Waals surface area contributed by atoms with Crippen LogP contribution < -0.4 is 10.6 Å². The van der Waals surface area contributed by atoms with Crippen LogP contribution in [0.15, 0.2) is 78.9 Å². The van der Waals surface area contributed by atoms with Gasteiger partial charge in [0.25, 0.3) is 11.9 Å². The number of hydrogen-bond donors (Lipinski definition) is 2. The van der Waals surface area contributed by atoms with Crippen molar-refractivity contribution < 1.29 is 4.79 Å². The molecule has 164 valence electrons. The first-order valence-electron chi connectivity index (χ1n) is 10.3. The molecular weight excluding hydrogens is 457 g/mol. The number of aromatic nitrogens is 3. The number of carbonyl (C=O) groups excluding carboxylic acids is 1. The van der Waals surface area contributed by atoms with Crippen LogP contribution >= 0.6 is 23.2 Å². The van der Waals surface area contributed by atoms with Crippen molar-refractivity contribution in [1.29, 1.82) is 0 Å². The Morgan fingerprint density at radius 2 is 1.73 bits per heavy atom. The van der Waals surface area contributed by atoms with Crippen molar-refractivity contribution in [3.05, 3.63) is 111 Å². The van der Waals surface area contributed by atoms with E-state index >= 15 is 0 Å². The van der Waals surface area contributed by atoms with Gasteiger partial charge in [-0.15, -0.1) is 5.10 Å². The minimum atomic E-state index is -0.323. The molecule has 5 rings (SSSR count). The van der Waals surface area contributed by atoms with E-state index in [2.05, 4.69) is 38.9 Å². The molecule has 1 aliphatic rings. The monoisotopic (exact) mass is 475 g/mol. The molecule has 0 fully saturated rings. The second-order valence-electron chi connectivity index (χ2n) is 7.70. The van der Waals surface area contributed by atoms with E-state index in [0.717, 1.165) is 16.8 Å². The van der Waals surface area contributed by atoms with Crippen molar-refractivity contribution in [2.45, 2.75) is 13.0 Å². The Hall–Kier alpha value is -3.61. The minimum Gasteiger partial charge on any atom is -0.324 e. The molecule has 2 heterocycles. The Morgan fingerprint density at radius 1 is 1.00 bits per heavy atom. The van der Waals surface area contributed by atoms with Gasteiger partial charge >= 0.3 is 0 Å². The number of benzene rings is 3. The lowest BCUT2D eigenvalue weighted by molar-refractivity contribution is 0.102. The predicted octanol–water partition coefficient (Wildman–Crippen LogP) is 6.20. The molecule has 8 heteroatoms. The summed E-state index contributed by atoms with van der Waals surface area (Å²) in [6.45, 7) is 2.05. The third-order valence-electron chi connectivity index (χ3n) is 5.38. The Balaban J connectivity index is 1.52. The van der Waals surface area contributed by atoms with Gasteiger partial charge in [-0.25, -0.2) is 4.68 Å². The van der Waals surface area contributed by atoms with Crippen molar-refractivity contribution in [1.82, 2.24) is 14.8 Å². The predicted molar refractivity (Wildman–Crippen MR) is 132 cm³/mol. The Bertz CT molecular complexity index is 1360. The van der Waals surface area contributed by atoms with E-state index in [0.29, 0.717) is 21.6 Å². The summed E-state index contributed by atoms with van der Waals surface area (Å²) < 4.78 is 1.72. The van der Waals surface area contributed by atoms with Gasteiger partial charge in [-0.05, 0) is 54.5 Å². The van der Waals surface area contributed by atoms with Gasteiger partial charge in [0.1, 0.15) is 6.04 Å². The first-order valence-corrected chi connectivity index (χ1v) is 11.1. The van der Waals surface area contributed by atoms with Crippen molar-refractivity contribution in [3.63, 3.8) is 0 Å². The number of nitrogens with zero attached hydrogens (tertiary/aromatic N) is 3. The first-order chi connectivity index (χ1) is 16.0. The van der Waals surface area contributed by atoms with Crippen molar-refractivity contribution >= 4 is 46.7 Å². The number of amides is 1. The fraction of sp³-hybridized carbons (Fsp3) is 0.0800. The number of allylic oxidation sites excluding steroid dienone is 1. The van der Waals surface area contributed by atoms with Crippen LogP contribution in [0.2, 0.25) is 10.0 Å². The molecule has 0 saturated carbocycles. The lowest BCUT2D eigenvalue weighted by Gasteiger charge is -2.25. The van der Waals surface area contributed by atoms with E-state index < -0.39 is 0 Å². The Labute approximate surface area is 200 Å². The molecule has 3 aromatic carbocycles. The highest BCUT2D eigenvalue weighted by atomic mass is 35.5. The molecule has 0 aliphatic carbocycles. The van der Waals surface area contributed by atoms with Crippen LogP contribution in [0.25, 0.3) is 5.70 Å². The van der Waals surface area contributed by atoms with Gasteiger partial charge in [0.15, 0.2) is 0 Å². The van der Waals surface area contributed by atoms with Gasteiger partial charge in [-0.2, -0.15) is 4.98 Å². The van der Waals surface area contributed by atoms with Crippen molar-refractivity contribution in [3.8, 4) is 0 Å². The summed E-state index contributed by atoms with van der Waals surface area (Å²) >= 11 is 12.5. The van der Waals surface area contributed by atoms with Crippen LogP contribution in [-0.4, -0.2) is 20.7 Å². The molecule has 0 radical (unpaired) electrons. The van der Waals surface area contributed by atoms with Gasteiger partial charge < -0.3 is 5.32 Å². The zero-order valence-corrected chi connectivity index (χ0v) is 19.1. The molecule has 1 atom stereocenters. The van der Waals surface area contributed by atoms with Gasteiger partial charge in [0.05, 0.1) is 0 Å². The van der Waals surface area contributed by atoms with Crippen LogP contribution in [0.4, 0.5) is 11.9 Å². The molecular formula is C25H19Cl2N5O. The van der Waals surface area contributed by atoms with E-state index in [-0.39, 0.29) is 17.9 Å². The summed E-state index contributed by atoms with van der Waals surface area (Å²) in [6, 6.07) is 22.1. The molecule has 4 aromatic rings. The normalized spacial score (nSPS) is 14.8. The van der Waals surface area contributed by atoms with Crippen LogP contribution in [0, 0.1) is 6.92 Å². The van der Waals surface area contributed by atoms with Crippen molar-refractivity contribution in [2.75, 3.05) is 10.6 Å². The molecule has 2 N–H and O–H groups in total. The Morgan fingerprint density at radius 3 is 2.45 bits per heavy atom. The summed E-state index contributed by atoms with van der Waals surface area (Å²) in [5.41, 5.74) is 4.41. The standard InChI is InChI=1S/C25H19Cl2N5O/c1-15-6-8-16(9-7-15)21-14-22(19-4-2-3-5-20(19)27)32-25(28-21)30-24(31-32)29-23(33)17-10-12-18(26)13-11-17/h2-14,22H,1H3,(H2,28,29,30,31,33)/t22-/m1/s1. The largest absolute Gasteiger partial charge is 0.324 e. The zero-order chi connectivity index (χ0) is 22.9. The summed E-state index contributed by atoms with van der Waals surface area (Å²) in [7, 11) is 0. The SMILES string of the molecule is Cc1ccc(C2=C[C@H](c3ccccc3Cl)n3nc(NC(=O)c4ccc(Cl)cc4)nc3N2)cc1. The highest BCUT2D eigenvalue weighted by molar-refractivity contribution is 6.31. The smallest absolute Gasteiger partial charge is 0.258 e. The molecule has 6 nitrogen and oxygen atoms in total. The second-order valence-corrected chi connectivity index (χ2v) is 8.55. The van der Waals surface area contributed by atoms with Gasteiger partial charge in [-0.3, -0.25) is 10.1 Å². The number of halogens is 2. The summed E-state index contributed by atoms with van der Waals surface area (Å²) in [6.07, 6.45) is 2.05. The second kappa shape index (κ2) is 8.73. The van der Waals surface area contributed by atoms with Crippen LogP contribution in [0.3, 0.4) is 0 Å². The number of aryl methyl sites for hydroxylation is 1. The average Bonchev–Trinajstić information content (AvgIpc) is 3.22. The third-order valence-corrected chi connectivity index (χ3v) is 5.98. The lowest BCUT2D eigenvalue weighted by Crippen LogP contribution is -2.20. The fourth-order valence-electron chi connectivity index (χ4n) is 3.66. The van der Waals surface area contributed by atoms with Gasteiger partial charge in [-0.1, -0.05) is 71.2 Å². The summed E-state index contributed by atoms with van der Waals surface area (Å²) in [4.78, 5) is 17.2. The molecule has 1 aromatic heterocycles. The van der Waals surface area contributed by atoms with Gasteiger partial charge in [0.2, 0.25) is 5.95 Å². The maximum Gasteiger partial charge on any atom is 0.258 e. The average molecular weight is 476 g/mol. The first kappa shape index (κ1) is 21.2. The van der Waals surface area contributed by atoms with Gasteiger partial charge in [0, 0.05) is 21.3 Å². The van der Waals surface area contributed by atoms with Crippen molar-refractivity contribution in [2.24, 2.45) is 0 Å². The molecule has 0 unspecified atom stereocenters. The van der Waals surface area contributed by atoms with E-state index in [4.69, 9.17) is 23.2 Å². The maximum absolute atomic E-state index is 12.7.